The van der Waals surface area contributed by atoms with Crippen molar-refractivity contribution in [2.24, 2.45) is 5.92 Å². The lowest BCUT2D eigenvalue weighted by molar-refractivity contribution is 0.0675. The number of nitrogens with zero attached hydrogens (tertiary/aromatic N) is 2. The highest BCUT2D eigenvalue weighted by Gasteiger charge is 2.48. The summed E-state index contributed by atoms with van der Waals surface area (Å²) in [6, 6.07) is 2.39. The molecule has 1 aromatic rings. The van der Waals surface area contributed by atoms with Gasteiger partial charge in [-0.15, -0.1) is 0 Å². The third-order valence-corrected chi connectivity index (χ3v) is 5.16. The van der Waals surface area contributed by atoms with E-state index in [1.165, 1.54) is 12.8 Å². The van der Waals surface area contributed by atoms with E-state index in [9.17, 15) is 0 Å². The van der Waals surface area contributed by atoms with Crippen LogP contribution in [0.3, 0.4) is 0 Å². The highest BCUT2D eigenvalue weighted by Crippen LogP contribution is 2.31. The molecule has 2 N–H and O–H groups in total. The molecule has 3 heterocycles. The van der Waals surface area contributed by atoms with E-state index in [-0.39, 0.29) is 23.7 Å². The van der Waals surface area contributed by atoms with Crippen molar-refractivity contribution < 1.29 is 9.47 Å². The summed E-state index contributed by atoms with van der Waals surface area (Å²) in [6.07, 6.45) is 4.75. The van der Waals surface area contributed by atoms with Gasteiger partial charge in [0.15, 0.2) is 0 Å². The number of hydrogen-bond donors (Lipinski definition) is 2. The summed E-state index contributed by atoms with van der Waals surface area (Å²) in [4.78, 5) is 9.03. The number of nitrogens with one attached hydrogen (secondary N) is 2. The Hall–Kier alpha value is -1.24. The molecule has 0 radical (unpaired) electrons. The second kappa shape index (κ2) is 6.24. The van der Waals surface area contributed by atoms with Crippen molar-refractivity contribution in [1.82, 2.24) is 15.3 Å². The van der Waals surface area contributed by atoms with Crippen LogP contribution in [-0.4, -0.2) is 54.0 Å². The molecule has 2 saturated heterocycles. The largest absolute Gasteiger partial charge is 0.371 e. The highest BCUT2D eigenvalue weighted by atomic mass is 16.6. The summed E-state index contributed by atoms with van der Waals surface area (Å²) in [5, 5.41) is 7.04. The average molecular weight is 332 g/mol. The molecular weight excluding hydrogens is 304 g/mol. The third-order valence-electron chi connectivity index (χ3n) is 5.16. The fraction of sp³-hybridized carbons (Fsp3) is 0.778. The fourth-order valence-corrected chi connectivity index (χ4v) is 3.45. The molecule has 0 bridgehead atoms. The lowest BCUT2D eigenvalue weighted by Crippen LogP contribution is -2.42. The Bertz CT molecular complexity index is 585. The molecule has 132 valence electrons. The molecule has 0 unspecified atom stereocenters. The molecule has 3 aliphatic rings. The highest BCUT2D eigenvalue weighted by molar-refractivity contribution is 5.30. The number of ether oxygens (including phenoxy) is 2. The molecular formula is C18H28N4O2. The zero-order valence-electron chi connectivity index (χ0n) is 14.8. The van der Waals surface area contributed by atoms with Gasteiger partial charge in [0.2, 0.25) is 5.95 Å². The smallest absolute Gasteiger partial charge is 0.223 e. The van der Waals surface area contributed by atoms with Gasteiger partial charge in [-0.05, 0) is 31.4 Å². The van der Waals surface area contributed by atoms with Crippen molar-refractivity contribution in [3.63, 3.8) is 0 Å². The van der Waals surface area contributed by atoms with Crippen LogP contribution in [0.1, 0.15) is 39.3 Å². The van der Waals surface area contributed by atoms with Crippen LogP contribution < -0.4 is 10.6 Å². The second-order valence-corrected chi connectivity index (χ2v) is 8.32. The monoisotopic (exact) mass is 332 g/mol. The molecule has 4 atom stereocenters. The van der Waals surface area contributed by atoms with Crippen LogP contribution in [0, 0.1) is 5.92 Å². The van der Waals surface area contributed by atoms with Crippen LogP contribution in [0.2, 0.25) is 0 Å². The van der Waals surface area contributed by atoms with Crippen LogP contribution >= 0.6 is 0 Å². The number of fused-ring (bicyclic) bond motifs is 1. The van der Waals surface area contributed by atoms with Gasteiger partial charge in [-0.3, -0.25) is 0 Å². The van der Waals surface area contributed by atoms with Gasteiger partial charge in [0.1, 0.15) is 12.2 Å². The first-order valence-electron chi connectivity index (χ1n) is 9.07. The molecule has 1 saturated carbocycles. The van der Waals surface area contributed by atoms with Gasteiger partial charge in [0.05, 0.1) is 31.0 Å². The standard InChI is InChI=1S/C18H28N4O2/c1-18(2,3)14-6-7-19-17(22-14)21-13-10-24-15-12(9-23-16(13)15)20-8-11-4-5-11/h6-7,11-13,15-16,20H,4-5,8-10H2,1-3H3,(H,19,21,22)/t12-,13+,15-,16+/m0/s1. The van der Waals surface area contributed by atoms with E-state index in [1.807, 2.05) is 12.3 Å². The lowest BCUT2D eigenvalue weighted by atomic mass is 9.92. The average Bonchev–Trinajstić information content (AvgIpc) is 3.16. The molecule has 0 amide bonds. The Morgan fingerprint density at radius 2 is 1.83 bits per heavy atom. The van der Waals surface area contributed by atoms with Crippen molar-refractivity contribution >= 4 is 5.95 Å². The van der Waals surface area contributed by atoms with Gasteiger partial charge in [-0.25, -0.2) is 9.97 Å². The van der Waals surface area contributed by atoms with Crippen LogP contribution in [0.15, 0.2) is 12.3 Å². The lowest BCUT2D eigenvalue weighted by Gasteiger charge is -2.21. The predicted molar refractivity (Wildman–Crippen MR) is 92.1 cm³/mol. The molecule has 2 aliphatic heterocycles. The Morgan fingerprint density at radius 3 is 2.54 bits per heavy atom. The number of rotatable bonds is 5. The molecule has 6 heteroatoms. The van der Waals surface area contributed by atoms with Crippen molar-refractivity contribution in [3.8, 4) is 0 Å². The van der Waals surface area contributed by atoms with Gasteiger partial charge in [0.25, 0.3) is 0 Å². The van der Waals surface area contributed by atoms with Gasteiger partial charge in [0, 0.05) is 11.6 Å². The first kappa shape index (κ1) is 16.2. The maximum absolute atomic E-state index is 6.02. The van der Waals surface area contributed by atoms with Crippen LogP contribution in [-0.2, 0) is 14.9 Å². The minimum atomic E-state index is 0.00969. The van der Waals surface area contributed by atoms with Gasteiger partial charge < -0.3 is 20.1 Å². The van der Waals surface area contributed by atoms with Gasteiger partial charge in [-0.1, -0.05) is 20.8 Å². The van der Waals surface area contributed by atoms with E-state index in [1.54, 1.807) is 0 Å². The van der Waals surface area contributed by atoms with Crippen molar-refractivity contribution in [3.05, 3.63) is 18.0 Å². The molecule has 3 fully saturated rings. The van der Waals surface area contributed by atoms with Crippen LogP contribution in [0.25, 0.3) is 0 Å². The number of hydrogen-bond acceptors (Lipinski definition) is 6. The SMILES string of the molecule is CC(C)(C)c1ccnc(N[C@@H]2CO[C@@H]3[C@@H]2OC[C@@H]3NCC2CC2)n1. The maximum Gasteiger partial charge on any atom is 0.223 e. The van der Waals surface area contributed by atoms with Crippen molar-refractivity contribution in [2.75, 3.05) is 25.1 Å². The van der Waals surface area contributed by atoms with Gasteiger partial charge >= 0.3 is 0 Å². The zero-order chi connectivity index (χ0) is 16.7. The molecule has 0 aromatic carbocycles. The predicted octanol–water partition coefficient (Wildman–Crippen LogP) is 1.72. The summed E-state index contributed by atoms with van der Waals surface area (Å²) in [6.45, 7) is 8.93. The molecule has 0 spiro atoms. The van der Waals surface area contributed by atoms with Crippen LogP contribution in [0.5, 0.6) is 0 Å². The topological polar surface area (TPSA) is 68.3 Å². The minimum absolute atomic E-state index is 0.00969. The summed E-state index contributed by atoms with van der Waals surface area (Å²) >= 11 is 0. The minimum Gasteiger partial charge on any atom is -0.371 e. The maximum atomic E-state index is 6.02. The summed E-state index contributed by atoms with van der Waals surface area (Å²) in [5.74, 6) is 1.53. The summed E-state index contributed by atoms with van der Waals surface area (Å²) in [7, 11) is 0. The molecule has 24 heavy (non-hydrogen) atoms. The zero-order valence-corrected chi connectivity index (χ0v) is 14.8. The Morgan fingerprint density at radius 1 is 1.12 bits per heavy atom. The quantitative estimate of drug-likeness (QED) is 0.856. The van der Waals surface area contributed by atoms with Crippen molar-refractivity contribution in [2.45, 2.75) is 63.3 Å². The van der Waals surface area contributed by atoms with Crippen LogP contribution in [0.4, 0.5) is 5.95 Å². The Balaban J connectivity index is 1.38. The van der Waals surface area contributed by atoms with E-state index >= 15 is 0 Å². The summed E-state index contributed by atoms with van der Waals surface area (Å²) in [5.41, 5.74) is 1.04. The van der Waals surface area contributed by atoms with E-state index in [0.29, 0.717) is 18.6 Å². The normalized spacial score (nSPS) is 32.8. The van der Waals surface area contributed by atoms with E-state index in [4.69, 9.17) is 9.47 Å². The number of anilines is 1. The third kappa shape index (κ3) is 3.41. The van der Waals surface area contributed by atoms with Gasteiger partial charge in [-0.2, -0.15) is 0 Å². The fourth-order valence-electron chi connectivity index (χ4n) is 3.45. The Kier molecular flexibility index (Phi) is 4.22. The van der Waals surface area contributed by atoms with E-state index < -0.39 is 0 Å². The van der Waals surface area contributed by atoms with E-state index in [0.717, 1.165) is 24.8 Å². The molecule has 1 aliphatic carbocycles. The van der Waals surface area contributed by atoms with Crippen molar-refractivity contribution in [1.29, 1.82) is 0 Å². The van der Waals surface area contributed by atoms with E-state index in [2.05, 4.69) is 41.4 Å². The molecule has 4 rings (SSSR count). The Labute approximate surface area is 143 Å². The second-order valence-electron chi connectivity index (χ2n) is 8.32. The number of aromatic nitrogens is 2. The summed E-state index contributed by atoms with van der Waals surface area (Å²) < 4.78 is 12.0. The molecule has 6 nitrogen and oxygen atoms in total. The molecule has 1 aromatic heterocycles. The first-order valence-corrected chi connectivity index (χ1v) is 9.07. The first-order chi connectivity index (χ1) is 11.5.